The molecule has 6 heteroatoms. The van der Waals surface area contributed by atoms with E-state index in [0.29, 0.717) is 22.8 Å². The quantitative estimate of drug-likeness (QED) is 0.889. The Hall–Kier alpha value is -2.11. The molecule has 0 saturated carbocycles. The number of nitrogens with one attached hydrogen (secondary N) is 1. The van der Waals surface area contributed by atoms with Gasteiger partial charge in [-0.1, -0.05) is 23.7 Å². The lowest BCUT2D eigenvalue weighted by atomic mass is 10.2. The third-order valence-corrected chi connectivity index (χ3v) is 4.64. The molecule has 0 atom stereocenters. The zero-order chi connectivity index (χ0) is 17.6. The van der Waals surface area contributed by atoms with E-state index in [4.69, 9.17) is 11.6 Å². The Bertz CT molecular complexity index is 715. The Labute approximate surface area is 152 Å². The maximum Gasteiger partial charge on any atom is 0.251 e. The second kappa shape index (κ2) is 8.32. The number of nitrogens with zero attached hydrogens (tertiary/aromatic N) is 2. The highest BCUT2D eigenvalue weighted by Crippen LogP contribution is 2.19. The number of hydrogen-bond donors (Lipinski definition) is 1. The fraction of sp³-hybridized carbons (Fsp3) is 0.316. The molecule has 1 amide bonds. The van der Waals surface area contributed by atoms with Crippen LogP contribution in [0.25, 0.3) is 0 Å². The van der Waals surface area contributed by atoms with Gasteiger partial charge in [0, 0.05) is 49.9 Å². The van der Waals surface area contributed by atoms with Gasteiger partial charge in [-0.2, -0.15) is 0 Å². The number of benzene rings is 2. The van der Waals surface area contributed by atoms with E-state index in [0.717, 1.165) is 32.7 Å². The molecule has 0 radical (unpaired) electrons. The van der Waals surface area contributed by atoms with Gasteiger partial charge in [0.15, 0.2) is 0 Å². The molecule has 0 aliphatic carbocycles. The van der Waals surface area contributed by atoms with Crippen molar-refractivity contribution in [2.75, 3.05) is 44.2 Å². The van der Waals surface area contributed by atoms with Gasteiger partial charge in [0.25, 0.3) is 5.91 Å². The summed E-state index contributed by atoms with van der Waals surface area (Å²) in [6.45, 7) is 4.64. The summed E-state index contributed by atoms with van der Waals surface area (Å²) < 4.78 is 13.8. The van der Waals surface area contributed by atoms with Crippen LogP contribution in [0.2, 0.25) is 5.02 Å². The molecule has 0 aromatic heterocycles. The molecule has 0 unspecified atom stereocenters. The maximum absolute atomic E-state index is 13.8. The Kier molecular flexibility index (Phi) is 5.89. The van der Waals surface area contributed by atoms with Crippen molar-refractivity contribution < 1.29 is 9.18 Å². The minimum Gasteiger partial charge on any atom is -0.367 e. The van der Waals surface area contributed by atoms with Crippen molar-refractivity contribution in [1.82, 2.24) is 10.2 Å². The lowest BCUT2D eigenvalue weighted by Gasteiger charge is -2.36. The molecule has 1 aliphatic heterocycles. The van der Waals surface area contributed by atoms with Crippen molar-refractivity contribution in [3.05, 3.63) is 64.9 Å². The van der Waals surface area contributed by atoms with Crippen molar-refractivity contribution >= 4 is 23.2 Å². The van der Waals surface area contributed by atoms with Gasteiger partial charge in [0.2, 0.25) is 0 Å². The second-order valence-electron chi connectivity index (χ2n) is 6.04. The van der Waals surface area contributed by atoms with Crippen LogP contribution < -0.4 is 10.2 Å². The lowest BCUT2D eigenvalue weighted by molar-refractivity contribution is 0.0948. The summed E-state index contributed by atoms with van der Waals surface area (Å²) in [6.07, 6.45) is 0. The molecule has 4 nitrogen and oxygen atoms in total. The largest absolute Gasteiger partial charge is 0.367 e. The summed E-state index contributed by atoms with van der Waals surface area (Å²) in [5.41, 5.74) is 1.27. The topological polar surface area (TPSA) is 35.6 Å². The molecule has 1 aliphatic rings. The monoisotopic (exact) mass is 361 g/mol. The third-order valence-electron chi connectivity index (χ3n) is 4.39. The van der Waals surface area contributed by atoms with Crippen LogP contribution in [0, 0.1) is 5.82 Å². The van der Waals surface area contributed by atoms with Crippen molar-refractivity contribution in [3.63, 3.8) is 0 Å². The van der Waals surface area contributed by atoms with Crippen LogP contribution in [0.3, 0.4) is 0 Å². The lowest BCUT2D eigenvalue weighted by Crippen LogP contribution is -2.48. The maximum atomic E-state index is 13.8. The average Bonchev–Trinajstić information content (AvgIpc) is 2.63. The first kappa shape index (κ1) is 17.7. The molecular formula is C19H21ClFN3O. The van der Waals surface area contributed by atoms with Crippen molar-refractivity contribution in [2.24, 2.45) is 0 Å². The third kappa shape index (κ3) is 4.71. The Morgan fingerprint density at radius 3 is 2.40 bits per heavy atom. The van der Waals surface area contributed by atoms with Crippen LogP contribution in [0.15, 0.2) is 48.5 Å². The fourth-order valence-electron chi connectivity index (χ4n) is 2.95. The van der Waals surface area contributed by atoms with Gasteiger partial charge in [-0.15, -0.1) is 0 Å². The van der Waals surface area contributed by atoms with E-state index in [1.807, 2.05) is 12.1 Å². The number of anilines is 1. The van der Waals surface area contributed by atoms with E-state index in [-0.39, 0.29) is 11.7 Å². The summed E-state index contributed by atoms with van der Waals surface area (Å²) in [5.74, 6) is -0.271. The standard InChI is InChI=1S/C19H21ClFN3O/c20-16-7-5-15(6-8-16)19(25)22-9-10-23-11-13-24(14-12-23)18-4-2-1-3-17(18)21/h1-8H,9-14H2,(H,22,25). The van der Waals surface area contributed by atoms with E-state index in [1.165, 1.54) is 6.07 Å². The number of carbonyl (C=O) groups excluding carboxylic acids is 1. The van der Waals surface area contributed by atoms with Crippen molar-refractivity contribution in [1.29, 1.82) is 0 Å². The molecule has 0 bridgehead atoms. The van der Waals surface area contributed by atoms with Gasteiger partial charge in [0.1, 0.15) is 5.82 Å². The molecule has 25 heavy (non-hydrogen) atoms. The summed E-state index contributed by atoms with van der Waals surface area (Å²) in [5, 5.41) is 3.54. The van der Waals surface area contributed by atoms with E-state index >= 15 is 0 Å². The highest BCUT2D eigenvalue weighted by molar-refractivity contribution is 6.30. The van der Waals surface area contributed by atoms with Crippen LogP contribution in [0.1, 0.15) is 10.4 Å². The van der Waals surface area contributed by atoms with Gasteiger partial charge < -0.3 is 10.2 Å². The van der Waals surface area contributed by atoms with E-state index < -0.39 is 0 Å². The highest BCUT2D eigenvalue weighted by Gasteiger charge is 2.19. The molecule has 1 saturated heterocycles. The van der Waals surface area contributed by atoms with Crippen LogP contribution >= 0.6 is 11.6 Å². The number of hydrogen-bond acceptors (Lipinski definition) is 3. The fourth-order valence-corrected chi connectivity index (χ4v) is 3.08. The van der Waals surface area contributed by atoms with E-state index in [1.54, 1.807) is 30.3 Å². The normalized spacial score (nSPS) is 15.2. The number of amides is 1. The van der Waals surface area contributed by atoms with Crippen LogP contribution in [-0.4, -0.2) is 50.1 Å². The van der Waals surface area contributed by atoms with Gasteiger partial charge in [0.05, 0.1) is 5.69 Å². The number of halogens is 2. The summed E-state index contributed by atoms with van der Waals surface area (Å²) in [6, 6.07) is 13.7. The molecule has 1 fully saturated rings. The predicted octanol–water partition coefficient (Wildman–Crippen LogP) is 3.03. The number of para-hydroxylation sites is 1. The SMILES string of the molecule is O=C(NCCN1CCN(c2ccccc2F)CC1)c1ccc(Cl)cc1. The van der Waals surface area contributed by atoms with Crippen LogP contribution in [0.4, 0.5) is 10.1 Å². The van der Waals surface area contributed by atoms with Crippen molar-refractivity contribution in [3.8, 4) is 0 Å². The number of rotatable bonds is 5. The molecule has 2 aromatic carbocycles. The molecule has 0 spiro atoms. The Balaban J connectivity index is 1.41. The molecule has 1 heterocycles. The van der Waals surface area contributed by atoms with Gasteiger partial charge in [-0.3, -0.25) is 9.69 Å². The van der Waals surface area contributed by atoms with Gasteiger partial charge in [-0.05, 0) is 36.4 Å². The summed E-state index contributed by atoms with van der Waals surface area (Å²) in [4.78, 5) is 16.4. The minimum atomic E-state index is -0.175. The first-order valence-electron chi connectivity index (χ1n) is 8.39. The molecule has 1 N–H and O–H groups in total. The summed E-state index contributed by atoms with van der Waals surface area (Å²) >= 11 is 5.82. The van der Waals surface area contributed by atoms with E-state index in [9.17, 15) is 9.18 Å². The molecule has 132 valence electrons. The van der Waals surface area contributed by atoms with Crippen molar-refractivity contribution in [2.45, 2.75) is 0 Å². The average molecular weight is 362 g/mol. The van der Waals surface area contributed by atoms with Crippen LogP contribution in [0.5, 0.6) is 0 Å². The van der Waals surface area contributed by atoms with Crippen LogP contribution in [-0.2, 0) is 0 Å². The molecular weight excluding hydrogens is 341 g/mol. The Morgan fingerprint density at radius 1 is 1.04 bits per heavy atom. The van der Waals surface area contributed by atoms with E-state index in [2.05, 4.69) is 15.1 Å². The zero-order valence-corrected chi connectivity index (χ0v) is 14.7. The first-order valence-corrected chi connectivity index (χ1v) is 8.77. The minimum absolute atomic E-state index is 0.0957. The Morgan fingerprint density at radius 2 is 1.72 bits per heavy atom. The highest BCUT2D eigenvalue weighted by atomic mass is 35.5. The molecule has 3 rings (SSSR count). The number of carbonyl (C=O) groups is 1. The predicted molar refractivity (Wildman–Crippen MR) is 98.8 cm³/mol. The smallest absolute Gasteiger partial charge is 0.251 e. The zero-order valence-electron chi connectivity index (χ0n) is 13.9. The van der Waals surface area contributed by atoms with Gasteiger partial charge >= 0.3 is 0 Å². The van der Waals surface area contributed by atoms with Gasteiger partial charge in [-0.25, -0.2) is 4.39 Å². The number of piperazine rings is 1. The molecule has 2 aromatic rings. The summed E-state index contributed by atoms with van der Waals surface area (Å²) in [7, 11) is 0. The second-order valence-corrected chi connectivity index (χ2v) is 6.48. The first-order chi connectivity index (χ1) is 12.1.